The van der Waals surface area contributed by atoms with Crippen molar-refractivity contribution in [2.24, 2.45) is 57.7 Å². The Bertz CT molecular complexity index is 4760. The number of thiol groups is 1. The van der Waals surface area contributed by atoms with E-state index >= 15 is 4.79 Å². The van der Waals surface area contributed by atoms with Gasteiger partial charge in [-0.2, -0.15) is 12.6 Å². The minimum atomic E-state index is -2.00. The van der Waals surface area contributed by atoms with Gasteiger partial charge in [-0.3, -0.25) is 97.7 Å². The van der Waals surface area contributed by atoms with Crippen LogP contribution in [0.5, 0.6) is 5.75 Å². The number of nitrogens with two attached hydrogens (primary N) is 8. The average molecular weight is 1940 g/mol. The second kappa shape index (κ2) is 59.0. The number of carbonyl (C=O) groups excluding carboxylic acids is 16. The summed E-state index contributed by atoms with van der Waals surface area (Å²) in [6.07, 6.45) is 2.46. The number of H-pyrrole nitrogens is 2. The Morgan fingerprint density at radius 3 is 1.36 bits per heavy atom. The van der Waals surface area contributed by atoms with Gasteiger partial charge in [-0.1, -0.05) is 70.9 Å². The van der Waals surface area contributed by atoms with Crippen molar-refractivity contribution in [2.45, 2.75) is 247 Å². The summed E-state index contributed by atoms with van der Waals surface area (Å²) in [6, 6.07) is -9.19. The molecule has 4 aromatic rings. The van der Waals surface area contributed by atoms with Crippen LogP contribution in [0.15, 0.2) is 67.3 Å². The molecule has 5 rings (SSSR count). The van der Waals surface area contributed by atoms with Crippen molar-refractivity contribution in [1.29, 1.82) is 16.2 Å². The molecule has 756 valence electrons. The summed E-state index contributed by atoms with van der Waals surface area (Å²) < 4.78 is 0. The third kappa shape index (κ3) is 39.5. The molecule has 16 amide bonds. The molecule has 1 saturated heterocycles. The lowest BCUT2D eigenvalue weighted by molar-refractivity contribution is -0.143. The van der Waals surface area contributed by atoms with Crippen molar-refractivity contribution in [3.05, 3.63) is 84.1 Å². The fourth-order valence-electron chi connectivity index (χ4n) is 14.8. The van der Waals surface area contributed by atoms with E-state index in [2.05, 4.69) is 113 Å². The zero-order valence-corrected chi connectivity index (χ0v) is 78.3. The fraction of sp³-hybridized carbons (Fsp3) is 0.570. The number of benzene rings is 2. The molecule has 2 aromatic carbocycles. The second-order valence-electron chi connectivity index (χ2n) is 33.5. The number of carboxylic acid groups (broad SMARTS) is 1. The van der Waals surface area contributed by atoms with Gasteiger partial charge in [0.25, 0.3) is 0 Å². The van der Waals surface area contributed by atoms with Gasteiger partial charge in [-0.25, -0.2) is 4.98 Å². The number of phenols is 1. The molecule has 0 saturated carbocycles. The number of amides is 16. The first-order valence-corrected chi connectivity index (χ1v) is 46.1. The average Bonchev–Trinajstić information content (AvgIpc) is 1.70. The zero-order valence-electron chi connectivity index (χ0n) is 77.4. The topological polar surface area (TPSA) is 851 Å². The lowest BCUT2D eigenvalue weighted by atomic mass is 9.96. The van der Waals surface area contributed by atoms with Gasteiger partial charge in [0.15, 0.2) is 17.9 Å². The van der Waals surface area contributed by atoms with Crippen molar-refractivity contribution < 1.29 is 91.7 Å². The van der Waals surface area contributed by atoms with Crippen LogP contribution in [0.25, 0.3) is 10.9 Å². The van der Waals surface area contributed by atoms with Gasteiger partial charge in [0.05, 0.1) is 30.9 Å². The Morgan fingerprint density at radius 2 is 0.891 bits per heavy atom. The minimum Gasteiger partial charge on any atom is -0.508 e. The first-order chi connectivity index (χ1) is 65.1. The lowest BCUT2D eigenvalue weighted by Gasteiger charge is -2.31. The van der Waals surface area contributed by atoms with Crippen molar-refractivity contribution in [3.63, 3.8) is 0 Å². The summed E-state index contributed by atoms with van der Waals surface area (Å²) in [7, 11) is 0. The highest BCUT2D eigenvalue weighted by molar-refractivity contribution is 7.80. The number of hydrogen-bond donors (Lipinski definition) is 32. The molecule has 0 unspecified atom stereocenters. The van der Waals surface area contributed by atoms with E-state index in [4.69, 9.17) is 62.1 Å². The molecule has 1 aliphatic heterocycles. The highest BCUT2D eigenvalue weighted by atomic mass is 32.1. The van der Waals surface area contributed by atoms with Crippen LogP contribution in [0.2, 0.25) is 0 Å². The Morgan fingerprint density at radius 1 is 0.482 bits per heavy atom. The maximum absolute atomic E-state index is 15.0. The summed E-state index contributed by atoms with van der Waals surface area (Å²) >= 11 is 4.15. The van der Waals surface area contributed by atoms with E-state index in [1.165, 1.54) is 36.8 Å². The number of aromatic amines is 2. The molecule has 2 aromatic heterocycles. The highest BCUT2D eigenvalue weighted by Gasteiger charge is 2.43. The number of carbonyl (C=O) groups is 17. The number of fused-ring (bicyclic) bond motifs is 1. The molecule has 50 nitrogen and oxygen atoms in total. The van der Waals surface area contributed by atoms with E-state index in [1.54, 1.807) is 52.1 Å². The van der Waals surface area contributed by atoms with E-state index in [0.29, 0.717) is 24.1 Å². The summed E-state index contributed by atoms with van der Waals surface area (Å²) in [4.78, 5) is 253. The number of guanidine groups is 3. The van der Waals surface area contributed by atoms with E-state index in [1.807, 2.05) is 6.07 Å². The molecule has 0 aliphatic carbocycles. The lowest BCUT2D eigenvalue weighted by Crippen LogP contribution is -2.62. The van der Waals surface area contributed by atoms with Crippen LogP contribution < -0.4 is 131 Å². The van der Waals surface area contributed by atoms with Gasteiger partial charge in [0.1, 0.15) is 90.8 Å². The van der Waals surface area contributed by atoms with E-state index < -0.39 is 241 Å². The zero-order chi connectivity index (χ0) is 102. The minimum absolute atomic E-state index is 0.00816. The number of nitrogens with zero attached hydrogens (tertiary/aromatic N) is 2. The number of rotatable bonds is 63. The normalized spacial score (nSPS) is 15.5. The molecule has 1 aliphatic rings. The van der Waals surface area contributed by atoms with E-state index in [9.17, 15) is 86.9 Å². The first-order valence-electron chi connectivity index (χ1n) is 45.4. The van der Waals surface area contributed by atoms with E-state index in [-0.39, 0.29) is 159 Å². The van der Waals surface area contributed by atoms with Gasteiger partial charge in [0, 0.05) is 74.5 Å². The van der Waals surface area contributed by atoms with Crippen LogP contribution in [-0.2, 0) is 101 Å². The molecule has 1 fully saturated rings. The van der Waals surface area contributed by atoms with Crippen molar-refractivity contribution >= 4 is 142 Å². The molecule has 0 bridgehead atoms. The highest BCUT2D eigenvalue weighted by Crippen LogP contribution is 2.24. The Balaban J connectivity index is 1.44. The Kier molecular flexibility index (Phi) is 48.9. The number of para-hydroxylation sites is 1. The van der Waals surface area contributed by atoms with Gasteiger partial charge < -0.3 is 156 Å². The van der Waals surface area contributed by atoms with Crippen molar-refractivity contribution in [1.82, 2.24) is 105 Å². The smallest absolute Gasteiger partial charge is 0.322 e. The van der Waals surface area contributed by atoms with Crippen LogP contribution in [0.1, 0.15) is 160 Å². The summed E-state index contributed by atoms with van der Waals surface area (Å²) in [5.41, 5.74) is 47.9. The molecular formula is C86H137N31O19S. The van der Waals surface area contributed by atoms with Crippen molar-refractivity contribution in [3.8, 4) is 5.75 Å². The molecule has 51 heteroatoms. The summed E-state index contributed by atoms with van der Waals surface area (Å²) in [5.74, 6) is -20.1. The maximum Gasteiger partial charge on any atom is 0.322 e. The number of aliphatic carboxylic acids is 1. The Hall–Kier alpha value is -14.0. The second-order valence-corrected chi connectivity index (χ2v) is 33.9. The van der Waals surface area contributed by atoms with E-state index in [0.717, 1.165) is 15.8 Å². The number of primary amides is 2. The van der Waals surface area contributed by atoms with Gasteiger partial charge >= 0.3 is 5.97 Å². The number of likely N-dealkylation sites (tertiary alicyclic amines) is 1. The fourth-order valence-corrected chi connectivity index (χ4v) is 15.0. The SMILES string of the molecule is CC[C@H](C)[C@H](NC(=O)[C@H](Cc1c[nH]cn1)NC(=O)[C@@H](NC(=O)[C@H](CCCNC(=N)N)NC(=O)[C@H](CCCCN)NC(=O)[C@H](CCCNC(=N)N)NC(=O)[C@H](CCCCN)NC(=O)[C@H](CC(N)=O)NC(=O)[C@H](Cc1ccc(O)cc1)NC(=O)[C@H](CC(N)=O)NC(=O)[C@@H]1CCCN1C(=O)[C@H](CCCNC(=N)N)NC(=O)[C@H](Cc1c[nH]c2ccccc12)NC(=O)[C@@H](N)CS)[C@@H](C)CC)C(=O)NCC(=O)O. The third-order valence-electron chi connectivity index (χ3n) is 22.8. The predicted octanol–water partition coefficient (Wildman–Crippen LogP) is -7.22. The number of phenolic OH excluding ortho intramolecular Hbond substituents is 1. The molecule has 137 heavy (non-hydrogen) atoms. The number of aromatic hydroxyl groups is 1. The molecular weight excluding hydrogens is 1800 g/mol. The maximum atomic E-state index is 15.0. The number of nitrogens with one attached hydrogen (secondary N) is 21. The van der Waals surface area contributed by atoms with Crippen LogP contribution in [0, 0.1) is 28.1 Å². The van der Waals surface area contributed by atoms with Crippen molar-refractivity contribution in [2.75, 3.05) is 51.6 Å². The number of aromatic nitrogens is 3. The van der Waals surface area contributed by atoms with Gasteiger partial charge in [-0.15, -0.1) is 0 Å². The van der Waals surface area contributed by atoms with Gasteiger partial charge in [0.2, 0.25) is 94.5 Å². The third-order valence-corrected chi connectivity index (χ3v) is 23.2. The standard InChI is InChI=1S/C86H137N31O19S/c1-5-45(3)68(81(134)103-42-67(121)122)115-79(132)61(37-49-41-98-44-104-49)114-82(135)69(46(4)6-2)116-74(127)57(22-14-32-100-85(94)95)107-71(124)54(19-9-11-29-87)105-73(126)56(21-13-31-99-84(92)93)106-72(125)55(20-10-12-30-88)108-77(130)62(38-65(90)119)112-75(128)59(35-47-25-27-50(118)28-26-47)111-78(131)63(39-66(91)120)113-80(133)64-24-16-34-117(64)83(136)58(23-15-33-101-86(96)97)109-76(129)60(110-70(123)52(89)43-137)36-48-40-102-53-18-8-7-17-51(48)53/h7-8,17-18,25-28,40-41,44-46,52,54-64,68-69,102,118,137H,5-6,9-16,19-24,29-39,42-43,87-89H2,1-4H3,(H2,90,119)(H2,91,120)(H,98,104)(H,103,134)(H,105,126)(H,106,125)(H,107,124)(H,108,130)(H,109,129)(H,110,123)(H,111,131)(H,112,128)(H,113,133)(H,114,135)(H,115,132)(H,116,127)(H,121,122)(H4,92,93,99)(H4,94,95,100)(H4,96,97,101)/t45-,46-,52-,54-,55-,56-,57-,58-,59-,60-,61-,62-,63-,64-,68-,69-/m0/s1. The van der Waals surface area contributed by atoms with Gasteiger partial charge in [-0.05, 0) is 144 Å². The van der Waals surface area contributed by atoms with Crippen LogP contribution >= 0.6 is 12.6 Å². The molecule has 0 spiro atoms. The monoisotopic (exact) mass is 1940 g/mol. The number of imidazole rings is 1. The molecule has 0 radical (unpaired) electrons. The first kappa shape index (κ1) is 114. The molecule has 39 N–H and O–H groups in total. The predicted molar refractivity (Wildman–Crippen MR) is 506 cm³/mol. The quantitative estimate of drug-likeness (QED) is 0.00845. The molecule has 16 atom stereocenters. The van der Waals surface area contributed by atoms with Crippen LogP contribution in [-0.4, -0.2) is 285 Å². The number of carboxylic acids is 1. The Labute approximate surface area is 797 Å². The summed E-state index contributed by atoms with van der Waals surface area (Å²) in [5, 5.41) is 85.0. The number of hydrogen-bond acceptors (Lipinski definition) is 26. The van der Waals surface area contributed by atoms with Crippen LogP contribution in [0.4, 0.5) is 0 Å². The molecule has 3 heterocycles. The largest absolute Gasteiger partial charge is 0.508 e. The summed E-state index contributed by atoms with van der Waals surface area (Å²) in [6.45, 7) is 6.07. The number of unbranched alkanes of at least 4 members (excludes halogenated alkanes) is 2. The van der Waals surface area contributed by atoms with Crippen LogP contribution in [0.3, 0.4) is 0 Å².